The van der Waals surface area contributed by atoms with E-state index in [2.05, 4.69) is 15.3 Å². The van der Waals surface area contributed by atoms with Gasteiger partial charge in [-0.15, -0.1) is 0 Å². The number of hydrogen-bond donors (Lipinski definition) is 1. The van der Waals surface area contributed by atoms with Gasteiger partial charge in [-0.3, -0.25) is 14.8 Å². The van der Waals surface area contributed by atoms with E-state index in [1.54, 1.807) is 12.3 Å². The highest BCUT2D eigenvalue weighted by Gasteiger charge is 2.11. The third kappa shape index (κ3) is 2.63. The molecule has 4 nitrogen and oxygen atoms in total. The first-order valence-electron chi connectivity index (χ1n) is 4.99. The minimum Gasteiger partial charge on any atom is -0.320 e. The Morgan fingerprint density at radius 3 is 2.82 bits per heavy atom. The van der Waals surface area contributed by atoms with Crippen LogP contribution in [0.4, 0.5) is 10.1 Å². The van der Waals surface area contributed by atoms with Crippen molar-refractivity contribution in [1.29, 1.82) is 0 Å². The quantitative estimate of drug-likeness (QED) is 0.861. The van der Waals surface area contributed by atoms with E-state index < -0.39 is 11.7 Å². The molecule has 0 spiro atoms. The molecule has 0 atom stereocenters. The van der Waals surface area contributed by atoms with Crippen LogP contribution < -0.4 is 5.32 Å². The summed E-state index contributed by atoms with van der Waals surface area (Å²) in [7, 11) is 0. The highest BCUT2D eigenvalue weighted by Crippen LogP contribution is 2.11. The molecule has 0 aliphatic heterocycles. The van der Waals surface area contributed by atoms with E-state index in [-0.39, 0.29) is 5.56 Å². The summed E-state index contributed by atoms with van der Waals surface area (Å²) in [5.41, 5.74) is 1.41. The molecular weight excluding hydrogens is 221 g/mol. The predicted molar refractivity (Wildman–Crippen MR) is 61.1 cm³/mol. The van der Waals surface area contributed by atoms with Gasteiger partial charge in [0.15, 0.2) is 5.82 Å². The molecule has 0 saturated carbocycles. The summed E-state index contributed by atoms with van der Waals surface area (Å²) in [5, 5.41) is 2.57. The lowest BCUT2D eigenvalue weighted by Crippen LogP contribution is -2.14. The van der Waals surface area contributed by atoms with Crippen LogP contribution in [0.5, 0.6) is 0 Å². The maximum absolute atomic E-state index is 13.3. The summed E-state index contributed by atoms with van der Waals surface area (Å²) in [6, 6.07) is 3.08. The first-order chi connectivity index (χ1) is 8.16. The van der Waals surface area contributed by atoms with Crippen molar-refractivity contribution in [2.75, 3.05) is 5.32 Å². The molecular formula is C12H10FN3O. The van der Waals surface area contributed by atoms with E-state index in [0.717, 1.165) is 11.8 Å². The number of pyridine rings is 2. The molecule has 0 unspecified atom stereocenters. The average molecular weight is 231 g/mol. The smallest absolute Gasteiger partial charge is 0.258 e. The summed E-state index contributed by atoms with van der Waals surface area (Å²) in [5.74, 6) is -1.16. The minimum absolute atomic E-state index is 0.0403. The molecule has 0 aliphatic carbocycles. The Kier molecular flexibility index (Phi) is 3.09. The Morgan fingerprint density at radius 2 is 2.12 bits per heavy atom. The molecule has 0 saturated heterocycles. The molecule has 1 amide bonds. The van der Waals surface area contributed by atoms with Crippen molar-refractivity contribution in [3.8, 4) is 0 Å². The lowest BCUT2D eigenvalue weighted by molar-refractivity contribution is 0.102. The summed E-state index contributed by atoms with van der Waals surface area (Å²) >= 11 is 0. The maximum atomic E-state index is 13.3. The van der Waals surface area contributed by atoms with Gasteiger partial charge < -0.3 is 5.32 Å². The Labute approximate surface area is 97.5 Å². The number of rotatable bonds is 2. The second-order valence-corrected chi connectivity index (χ2v) is 3.56. The van der Waals surface area contributed by atoms with Crippen LogP contribution in [0.25, 0.3) is 0 Å². The predicted octanol–water partition coefficient (Wildman–Crippen LogP) is 2.18. The number of aromatic nitrogens is 2. The Bertz CT molecular complexity index is 557. The number of carbonyl (C=O) groups excluding carboxylic acids is 1. The van der Waals surface area contributed by atoms with Crippen molar-refractivity contribution in [3.05, 3.63) is 53.9 Å². The zero-order valence-corrected chi connectivity index (χ0v) is 9.14. The minimum atomic E-state index is -0.648. The average Bonchev–Trinajstić information content (AvgIpc) is 2.29. The van der Waals surface area contributed by atoms with E-state index in [0.29, 0.717) is 5.69 Å². The van der Waals surface area contributed by atoms with Crippen LogP contribution in [0.15, 0.2) is 36.9 Å². The maximum Gasteiger partial charge on any atom is 0.258 e. The van der Waals surface area contributed by atoms with Gasteiger partial charge in [-0.05, 0) is 24.6 Å². The van der Waals surface area contributed by atoms with Gasteiger partial charge in [-0.25, -0.2) is 4.39 Å². The molecule has 2 rings (SSSR count). The van der Waals surface area contributed by atoms with Crippen molar-refractivity contribution in [1.82, 2.24) is 9.97 Å². The summed E-state index contributed by atoms with van der Waals surface area (Å²) in [6.07, 6.45) is 5.54. The number of amides is 1. The van der Waals surface area contributed by atoms with E-state index in [1.807, 2.05) is 6.92 Å². The van der Waals surface area contributed by atoms with Crippen LogP contribution in [-0.4, -0.2) is 15.9 Å². The van der Waals surface area contributed by atoms with Gasteiger partial charge in [0.1, 0.15) is 0 Å². The fourth-order valence-corrected chi connectivity index (χ4v) is 1.38. The first kappa shape index (κ1) is 11.2. The van der Waals surface area contributed by atoms with Crippen molar-refractivity contribution in [3.63, 3.8) is 0 Å². The van der Waals surface area contributed by atoms with Crippen LogP contribution in [-0.2, 0) is 0 Å². The molecule has 0 aliphatic rings. The van der Waals surface area contributed by atoms with Gasteiger partial charge in [-0.1, -0.05) is 0 Å². The monoisotopic (exact) mass is 231 g/mol. The van der Waals surface area contributed by atoms with Crippen molar-refractivity contribution >= 4 is 11.6 Å². The fraction of sp³-hybridized carbons (Fsp3) is 0.0833. The molecule has 2 heterocycles. The largest absolute Gasteiger partial charge is 0.320 e. The zero-order valence-electron chi connectivity index (χ0n) is 9.14. The standard InChI is InChI=1S/C12H10FN3O/c1-8-4-9(6-15-5-8)16-12(17)10-2-3-14-7-11(10)13/h2-7H,1H3,(H,16,17). The van der Waals surface area contributed by atoms with Gasteiger partial charge in [0, 0.05) is 12.4 Å². The molecule has 1 N–H and O–H groups in total. The number of carbonyl (C=O) groups is 1. The van der Waals surface area contributed by atoms with Gasteiger partial charge in [0.2, 0.25) is 0 Å². The topological polar surface area (TPSA) is 54.9 Å². The number of halogens is 1. The lowest BCUT2D eigenvalue weighted by atomic mass is 10.2. The van der Waals surface area contributed by atoms with E-state index in [9.17, 15) is 9.18 Å². The summed E-state index contributed by atoms with van der Waals surface area (Å²) < 4.78 is 13.3. The highest BCUT2D eigenvalue weighted by molar-refractivity contribution is 6.04. The Balaban J connectivity index is 2.20. The van der Waals surface area contributed by atoms with Crippen LogP contribution in [0.2, 0.25) is 0 Å². The molecule has 2 aromatic rings. The lowest BCUT2D eigenvalue weighted by Gasteiger charge is -2.05. The van der Waals surface area contributed by atoms with E-state index in [4.69, 9.17) is 0 Å². The number of hydrogen-bond acceptors (Lipinski definition) is 3. The summed E-state index contributed by atoms with van der Waals surface area (Å²) in [4.78, 5) is 19.3. The number of anilines is 1. The molecule has 0 aromatic carbocycles. The SMILES string of the molecule is Cc1cncc(NC(=O)c2ccncc2F)c1. The molecule has 17 heavy (non-hydrogen) atoms. The van der Waals surface area contributed by atoms with Crippen molar-refractivity contribution < 1.29 is 9.18 Å². The molecule has 0 radical (unpaired) electrons. The Morgan fingerprint density at radius 1 is 1.29 bits per heavy atom. The van der Waals surface area contributed by atoms with Crippen molar-refractivity contribution in [2.45, 2.75) is 6.92 Å². The first-order valence-corrected chi connectivity index (χ1v) is 4.99. The molecule has 2 aromatic heterocycles. The summed E-state index contributed by atoms with van der Waals surface area (Å²) in [6.45, 7) is 1.86. The van der Waals surface area contributed by atoms with Gasteiger partial charge in [-0.2, -0.15) is 0 Å². The molecule has 0 fully saturated rings. The van der Waals surface area contributed by atoms with Gasteiger partial charge in [0.25, 0.3) is 5.91 Å². The van der Waals surface area contributed by atoms with E-state index in [1.165, 1.54) is 18.5 Å². The van der Waals surface area contributed by atoms with Gasteiger partial charge in [0.05, 0.1) is 23.6 Å². The third-order valence-electron chi connectivity index (χ3n) is 2.15. The fourth-order valence-electron chi connectivity index (χ4n) is 1.38. The normalized spacial score (nSPS) is 10.0. The molecule has 86 valence electrons. The number of aryl methyl sites for hydroxylation is 1. The Hall–Kier alpha value is -2.30. The van der Waals surface area contributed by atoms with Crippen LogP contribution in [0.1, 0.15) is 15.9 Å². The van der Waals surface area contributed by atoms with Gasteiger partial charge >= 0.3 is 0 Å². The molecule has 0 bridgehead atoms. The highest BCUT2D eigenvalue weighted by atomic mass is 19.1. The zero-order chi connectivity index (χ0) is 12.3. The second kappa shape index (κ2) is 4.69. The van der Waals surface area contributed by atoms with Crippen LogP contribution >= 0.6 is 0 Å². The number of nitrogens with one attached hydrogen (secondary N) is 1. The molecule has 5 heteroatoms. The second-order valence-electron chi connectivity index (χ2n) is 3.56. The van der Waals surface area contributed by atoms with Crippen LogP contribution in [0, 0.1) is 12.7 Å². The van der Waals surface area contributed by atoms with Crippen molar-refractivity contribution in [2.24, 2.45) is 0 Å². The van der Waals surface area contributed by atoms with Crippen LogP contribution in [0.3, 0.4) is 0 Å². The third-order valence-corrected chi connectivity index (χ3v) is 2.15. The number of nitrogens with zero attached hydrogens (tertiary/aromatic N) is 2. The van der Waals surface area contributed by atoms with E-state index >= 15 is 0 Å².